The zero-order valence-electron chi connectivity index (χ0n) is 10.1. The van der Waals surface area contributed by atoms with Crippen LogP contribution in [0.15, 0.2) is 36.4 Å². The van der Waals surface area contributed by atoms with Gasteiger partial charge >= 0.3 is 0 Å². The number of hydrogen-bond acceptors (Lipinski definition) is 2. The van der Waals surface area contributed by atoms with E-state index in [9.17, 15) is 4.39 Å². The molecule has 0 spiro atoms. The molecule has 0 bridgehead atoms. The predicted octanol–water partition coefficient (Wildman–Crippen LogP) is 4.21. The van der Waals surface area contributed by atoms with Gasteiger partial charge in [0.15, 0.2) is 11.6 Å². The van der Waals surface area contributed by atoms with Crippen molar-refractivity contribution in [2.75, 3.05) is 0 Å². The molecule has 0 saturated carbocycles. The molecule has 0 aromatic heterocycles. The molecule has 98 valence electrons. The summed E-state index contributed by atoms with van der Waals surface area (Å²) in [6, 6.07) is 9.45. The Hall–Kier alpha value is -1.65. The van der Waals surface area contributed by atoms with Gasteiger partial charge in [0.25, 0.3) is 0 Å². The summed E-state index contributed by atoms with van der Waals surface area (Å²) in [4.78, 5) is 0.144. The van der Waals surface area contributed by atoms with E-state index in [0.29, 0.717) is 16.3 Å². The molecular formula is C14H11ClFNOS. The second kappa shape index (κ2) is 5.55. The number of rotatable bonds is 3. The van der Waals surface area contributed by atoms with Gasteiger partial charge in [-0.25, -0.2) is 4.39 Å². The topological polar surface area (TPSA) is 35.2 Å². The van der Waals surface area contributed by atoms with Crippen molar-refractivity contribution >= 4 is 28.8 Å². The van der Waals surface area contributed by atoms with Crippen LogP contribution in [0.1, 0.15) is 11.1 Å². The molecule has 0 aliphatic carbocycles. The second-order valence-electron chi connectivity index (χ2n) is 4.04. The zero-order chi connectivity index (χ0) is 14.0. The lowest BCUT2D eigenvalue weighted by Crippen LogP contribution is -2.10. The highest BCUT2D eigenvalue weighted by Gasteiger charge is 2.11. The van der Waals surface area contributed by atoms with Gasteiger partial charge in [-0.1, -0.05) is 29.9 Å². The van der Waals surface area contributed by atoms with Crippen LogP contribution in [-0.4, -0.2) is 4.99 Å². The van der Waals surface area contributed by atoms with E-state index in [1.165, 1.54) is 6.07 Å². The summed E-state index contributed by atoms with van der Waals surface area (Å²) in [5, 5.41) is 0.486. The Bertz CT molecular complexity index is 645. The molecule has 0 fully saturated rings. The summed E-state index contributed by atoms with van der Waals surface area (Å²) in [5.74, 6) is 0.0515. The van der Waals surface area contributed by atoms with E-state index in [4.69, 9.17) is 34.3 Å². The molecule has 5 heteroatoms. The first-order chi connectivity index (χ1) is 8.97. The van der Waals surface area contributed by atoms with Crippen molar-refractivity contribution in [1.29, 1.82) is 0 Å². The van der Waals surface area contributed by atoms with Crippen LogP contribution in [-0.2, 0) is 0 Å². The monoisotopic (exact) mass is 295 g/mol. The summed E-state index contributed by atoms with van der Waals surface area (Å²) < 4.78 is 19.2. The summed E-state index contributed by atoms with van der Waals surface area (Å²) in [7, 11) is 0. The third kappa shape index (κ3) is 3.22. The average Bonchev–Trinajstić information content (AvgIpc) is 2.35. The first-order valence-corrected chi connectivity index (χ1v) is 6.29. The quantitative estimate of drug-likeness (QED) is 0.861. The summed E-state index contributed by atoms with van der Waals surface area (Å²) in [5.41, 5.74) is 6.97. The third-order valence-corrected chi connectivity index (χ3v) is 2.97. The van der Waals surface area contributed by atoms with Crippen LogP contribution in [0.3, 0.4) is 0 Å². The van der Waals surface area contributed by atoms with Crippen LogP contribution in [0, 0.1) is 12.7 Å². The molecule has 2 aromatic rings. The summed E-state index contributed by atoms with van der Waals surface area (Å²) in [6.45, 7) is 1.85. The van der Waals surface area contributed by atoms with Crippen LogP contribution in [0.25, 0.3) is 0 Å². The van der Waals surface area contributed by atoms with Crippen LogP contribution < -0.4 is 10.5 Å². The van der Waals surface area contributed by atoms with E-state index in [1.54, 1.807) is 30.3 Å². The minimum atomic E-state index is -0.450. The number of ether oxygens (including phenoxy) is 1. The molecule has 0 saturated heterocycles. The van der Waals surface area contributed by atoms with Crippen LogP contribution in [0.5, 0.6) is 11.5 Å². The number of aryl methyl sites for hydroxylation is 1. The third-order valence-electron chi connectivity index (χ3n) is 2.51. The molecule has 0 aliphatic rings. The van der Waals surface area contributed by atoms with Gasteiger partial charge in [-0.3, -0.25) is 0 Å². The van der Waals surface area contributed by atoms with E-state index in [0.717, 1.165) is 5.56 Å². The van der Waals surface area contributed by atoms with E-state index >= 15 is 0 Å². The Labute approximate surface area is 120 Å². The van der Waals surface area contributed by atoms with Crippen molar-refractivity contribution in [3.05, 3.63) is 58.4 Å². The fourth-order valence-corrected chi connectivity index (χ4v) is 1.92. The molecule has 0 atom stereocenters. The number of halogens is 2. The Morgan fingerprint density at radius 2 is 1.95 bits per heavy atom. The van der Waals surface area contributed by atoms with Crippen molar-refractivity contribution in [2.45, 2.75) is 6.92 Å². The highest BCUT2D eigenvalue weighted by atomic mass is 35.5. The van der Waals surface area contributed by atoms with Crippen LogP contribution in [0.2, 0.25) is 5.02 Å². The molecule has 0 heterocycles. The highest BCUT2D eigenvalue weighted by molar-refractivity contribution is 7.80. The molecule has 2 N–H and O–H groups in total. The smallest absolute Gasteiger partial charge is 0.165 e. The van der Waals surface area contributed by atoms with Crippen LogP contribution in [0.4, 0.5) is 4.39 Å². The van der Waals surface area contributed by atoms with Crippen molar-refractivity contribution in [1.82, 2.24) is 0 Å². The molecule has 0 radical (unpaired) electrons. The van der Waals surface area contributed by atoms with E-state index in [2.05, 4.69) is 0 Å². The molecule has 0 aliphatic heterocycles. The van der Waals surface area contributed by atoms with Gasteiger partial charge in [-0.05, 0) is 42.8 Å². The minimum Gasteiger partial charge on any atom is -0.454 e. The minimum absolute atomic E-state index is 0.125. The van der Waals surface area contributed by atoms with E-state index in [-0.39, 0.29) is 10.7 Å². The predicted molar refractivity (Wildman–Crippen MR) is 78.6 cm³/mol. The Kier molecular flexibility index (Phi) is 4.02. The van der Waals surface area contributed by atoms with Crippen molar-refractivity contribution in [2.24, 2.45) is 5.73 Å². The van der Waals surface area contributed by atoms with Crippen molar-refractivity contribution < 1.29 is 9.13 Å². The SMILES string of the molecule is Cc1ccc(F)c(Oc2ccc(Cl)cc2C(N)=S)c1. The largest absolute Gasteiger partial charge is 0.454 e. The van der Waals surface area contributed by atoms with E-state index in [1.807, 2.05) is 6.92 Å². The standard InChI is InChI=1S/C14H11ClFNOS/c1-8-2-4-11(16)13(6-8)18-12-5-3-9(15)7-10(12)14(17)19/h2-7H,1H3,(H2,17,19). The second-order valence-corrected chi connectivity index (χ2v) is 4.92. The summed E-state index contributed by atoms with van der Waals surface area (Å²) in [6.07, 6.45) is 0. The molecule has 19 heavy (non-hydrogen) atoms. The lowest BCUT2D eigenvalue weighted by molar-refractivity contribution is 0.441. The number of nitrogens with two attached hydrogens (primary N) is 1. The van der Waals surface area contributed by atoms with Crippen molar-refractivity contribution in [3.8, 4) is 11.5 Å². The number of benzene rings is 2. The molecule has 0 amide bonds. The Balaban J connectivity index is 2.43. The Morgan fingerprint density at radius 3 is 2.63 bits per heavy atom. The lowest BCUT2D eigenvalue weighted by atomic mass is 10.2. The van der Waals surface area contributed by atoms with E-state index < -0.39 is 5.82 Å². The van der Waals surface area contributed by atoms with Gasteiger partial charge in [-0.2, -0.15) is 0 Å². The normalized spacial score (nSPS) is 10.3. The van der Waals surface area contributed by atoms with Gasteiger partial charge in [0, 0.05) is 5.02 Å². The number of hydrogen-bond donors (Lipinski definition) is 1. The zero-order valence-corrected chi connectivity index (χ0v) is 11.7. The van der Waals surface area contributed by atoms with Gasteiger partial charge in [-0.15, -0.1) is 0 Å². The lowest BCUT2D eigenvalue weighted by Gasteiger charge is -2.11. The van der Waals surface area contributed by atoms with Gasteiger partial charge in [0.2, 0.25) is 0 Å². The number of thiocarbonyl (C=S) groups is 1. The summed E-state index contributed by atoms with van der Waals surface area (Å²) >= 11 is 10.8. The van der Waals surface area contributed by atoms with Crippen molar-refractivity contribution in [3.63, 3.8) is 0 Å². The molecule has 2 aromatic carbocycles. The van der Waals surface area contributed by atoms with Gasteiger partial charge < -0.3 is 10.5 Å². The fourth-order valence-electron chi connectivity index (χ4n) is 1.59. The molecule has 2 rings (SSSR count). The first-order valence-electron chi connectivity index (χ1n) is 5.51. The highest BCUT2D eigenvalue weighted by Crippen LogP contribution is 2.30. The molecule has 0 unspecified atom stereocenters. The van der Waals surface area contributed by atoms with Gasteiger partial charge in [0.1, 0.15) is 10.7 Å². The first kappa shape index (κ1) is 13.8. The fraction of sp³-hybridized carbons (Fsp3) is 0.0714. The maximum atomic E-state index is 13.7. The Morgan fingerprint density at radius 1 is 1.21 bits per heavy atom. The average molecular weight is 296 g/mol. The van der Waals surface area contributed by atoms with Gasteiger partial charge in [0.05, 0.1) is 5.56 Å². The maximum absolute atomic E-state index is 13.7. The molecule has 2 nitrogen and oxygen atoms in total. The maximum Gasteiger partial charge on any atom is 0.165 e. The molecular weight excluding hydrogens is 285 g/mol. The van der Waals surface area contributed by atoms with Crippen LogP contribution >= 0.6 is 23.8 Å².